The minimum atomic E-state index is -0.219. The lowest BCUT2D eigenvalue weighted by Crippen LogP contribution is -2.28. The zero-order valence-electron chi connectivity index (χ0n) is 24.5. The topological polar surface area (TPSA) is 134 Å². The maximum Gasteiger partial charge on any atom is 0.262 e. The van der Waals surface area contributed by atoms with E-state index in [9.17, 15) is 9.90 Å². The second-order valence-electron chi connectivity index (χ2n) is 10.8. The molecule has 0 saturated carbocycles. The third-order valence-corrected chi connectivity index (χ3v) is 8.16. The molecule has 3 heterocycles. The van der Waals surface area contributed by atoms with E-state index in [2.05, 4.69) is 9.97 Å². The van der Waals surface area contributed by atoms with E-state index in [0.717, 1.165) is 22.3 Å². The van der Waals surface area contributed by atoms with Gasteiger partial charge < -0.3 is 15.6 Å². The monoisotopic (exact) mass is 629 g/mol. The molecular formula is C35H28ClN7O3. The predicted molar refractivity (Wildman–Crippen MR) is 177 cm³/mol. The highest BCUT2D eigenvalue weighted by atomic mass is 35.5. The van der Waals surface area contributed by atoms with Crippen molar-refractivity contribution in [2.24, 2.45) is 0 Å². The molecule has 0 fully saturated rings. The van der Waals surface area contributed by atoms with Crippen molar-refractivity contribution in [3.05, 3.63) is 141 Å². The summed E-state index contributed by atoms with van der Waals surface area (Å²) in [5.41, 5.74) is 11.0. The number of hydrogen-bond donors (Lipinski definition) is 2. The first kappa shape index (κ1) is 29.1. The van der Waals surface area contributed by atoms with Crippen LogP contribution >= 0.6 is 11.6 Å². The second-order valence-corrected chi connectivity index (χ2v) is 11.2. The molecular weight excluding hydrogens is 602 g/mol. The first-order valence-corrected chi connectivity index (χ1v) is 15.0. The number of nitrogens with two attached hydrogens (primary N) is 1. The summed E-state index contributed by atoms with van der Waals surface area (Å²) in [6.45, 7) is 0.953. The molecule has 0 aliphatic carbocycles. The number of phenolic OH excluding ortho intramolecular Hbond substituents is 1. The van der Waals surface area contributed by atoms with Gasteiger partial charge in [-0.25, -0.2) is 19.6 Å². The Labute approximate surface area is 268 Å². The summed E-state index contributed by atoms with van der Waals surface area (Å²) in [5, 5.41) is 16.3. The van der Waals surface area contributed by atoms with Crippen LogP contribution in [0.25, 0.3) is 33.2 Å². The van der Waals surface area contributed by atoms with Crippen LogP contribution in [0, 0.1) is 0 Å². The van der Waals surface area contributed by atoms with Crippen LogP contribution in [0.3, 0.4) is 0 Å². The van der Waals surface area contributed by atoms with Crippen molar-refractivity contribution in [1.29, 1.82) is 0 Å². The largest absolute Gasteiger partial charge is 0.508 e. The third-order valence-electron chi connectivity index (χ3n) is 7.79. The molecule has 0 atom stereocenters. The number of halogens is 1. The highest BCUT2D eigenvalue weighted by Gasteiger charge is 2.21. The summed E-state index contributed by atoms with van der Waals surface area (Å²) in [4.78, 5) is 28.1. The van der Waals surface area contributed by atoms with Crippen molar-refractivity contribution >= 4 is 39.4 Å². The maximum atomic E-state index is 14.4. The highest BCUT2D eigenvalue weighted by Crippen LogP contribution is 2.31. The molecule has 4 aromatic carbocycles. The molecule has 0 radical (unpaired) electrons. The van der Waals surface area contributed by atoms with Gasteiger partial charge in [0.25, 0.3) is 5.56 Å². The molecule has 11 heteroatoms. The summed E-state index contributed by atoms with van der Waals surface area (Å²) < 4.78 is 9.32. The Hall–Kier alpha value is -5.58. The Balaban J connectivity index is 1.34. The quantitative estimate of drug-likeness (QED) is 0.200. The number of anilines is 1. The van der Waals surface area contributed by atoms with Gasteiger partial charge in [0.05, 0.1) is 36.0 Å². The molecule has 0 unspecified atom stereocenters. The van der Waals surface area contributed by atoms with E-state index in [1.54, 1.807) is 39.6 Å². The van der Waals surface area contributed by atoms with E-state index in [0.29, 0.717) is 45.1 Å². The van der Waals surface area contributed by atoms with Crippen LogP contribution < -0.4 is 11.3 Å². The van der Waals surface area contributed by atoms with Gasteiger partial charge in [-0.2, -0.15) is 5.10 Å². The molecule has 7 aromatic rings. The average molecular weight is 630 g/mol. The van der Waals surface area contributed by atoms with Crippen molar-refractivity contribution in [3.63, 3.8) is 0 Å². The lowest BCUT2D eigenvalue weighted by molar-refractivity contribution is 0.108. The number of nitrogen functional groups attached to an aromatic ring is 1. The van der Waals surface area contributed by atoms with Crippen LogP contribution in [-0.4, -0.2) is 34.4 Å². The fourth-order valence-corrected chi connectivity index (χ4v) is 5.72. The smallest absolute Gasteiger partial charge is 0.262 e. The van der Waals surface area contributed by atoms with Gasteiger partial charge in [0.1, 0.15) is 36.0 Å². The van der Waals surface area contributed by atoms with Gasteiger partial charge in [-0.05, 0) is 53.1 Å². The van der Waals surface area contributed by atoms with Gasteiger partial charge in [-0.1, -0.05) is 72.3 Å². The number of nitrogens with zero attached hydrogens (tertiary/aromatic N) is 6. The number of aromatic hydroxyl groups is 1. The number of benzene rings is 4. The summed E-state index contributed by atoms with van der Waals surface area (Å²) in [6, 6.07) is 29.5. The number of aromatic nitrogens is 6. The van der Waals surface area contributed by atoms with Gasteiger partial charge in [0.15, 0.2) is 5.65 Å². The summed E-state index contributed by atoms with van der Waals surface area (Å²) in [7, 11) is 0. The van der Waals surface area contributed by atoms with E-state index in [1.165, 1.54) is 6.33 Å². The Morgan fingerprint density at radius 3 is 2.37 bits per heavy atom. The molecule has 0 amide bonds. The summed E-state index contributed by atoms with van der Waals surface area (Å²) >= 11 is 6.57. The highest BCUT2D eigenvalue weighted by molar-refractivity contribution is 6.31. The van der Waals surface area contributed by atoms with Crippen LogP contribution in [0.4, 0.5) is 5.82 Å². The normalized spacial score (nSPS) is 11.4. The van der Waals surface area contributed by atoms with Gasteiger partial charge in [0.2, 0.25) is 0 Å². The number of rotatable bonds is 9. The van der Waals surface area contributed by atoms with Crippen LogP contribution in [0.15, 0.2) is 108 Å². The van der Waals surface area contributed by atoms with Crippen molar-refractivity contribution in [1.82, 2.24) is 29.3 Å². The maximum absolute atomic E-state index is 14.4. The predicted octanol–water partition coefficient (Wildman–Crippen LogP) is 5.96. The number of phenols is 1. The van der Waals surface area contributed by atoms with Gasteiger partial charge in [-0.15, -0.1) is 0 Å². The number of fused-ring (bicyclic) bond motifs is 2. The van der Waals surface area contributed by atoms with E-state index < -0.39 is 0 Å². The SMILES string of the molecule is Nc1ncnc2c1c(-c1ccc(O)cc1)nn2Cc1nc2cccc(COCc3ccccc3)c2c(=O)n1Cc1ccccc1Cl. The lowest BCUT2D eigenvalue weighted by atomic mass is 10.1. The van der Waals surface area contributed by atoms with Gasteiger partial charge >= 0.3 is 0 Å². The zero-order valence-corrected chi connectivity index (χ0v) is 25.3. The molecule has 10 nitrogen and oxygen atoms in total. The van der Waals surface area contributed by atoms with Crippen LogP contribution in [0.2, 0.25) is 5.02 Å². The van der Waals surface area contributed by atoms with Gasteiger partial charge in [0, 0.05) is 10.6 Å². The number of hydrogen-bond acceptors (Lipinski definition) is 8. The Bertz CT molecular complexity index is 2250. The van der Waals surface area contributed by atoms with Crippen LogP contribution in [0.5, 0.6) is 5.75 Å². The van der Waals surface area contributed by atoms with E-state index >= 15 is 0 Å². The van der Waals surface area contributed by atoms with Crippen molar-refractivity contribution in [3.8, 4) is 17.0 Å². The standard InChI is InChI=1S/C35H28ClN7O3/c36-27-11-5-4-9-24(27)17-42-29(18-43-34-31(33(37)38-21-39-34)32(41-43)23-13-15-26(44)16-14-23)40-28-12-6-10-25(30(28)35(42)45)20-46-19-22-7-2-1-3-8-22/h1-16,21,44H,17-20H2,(H2,37,38,39). The van der Waals surface area contributed by atoms with E-state index in [1.807, 2.05) is 66.7 Å². The Morgan fingerprint density at radius 1 is 0.804 bits per heavy atom. The number of ether oxygens (including phenoxy) is 1. The molecule has 0 aliphatic rings. The minimum absolute atomic E-state index is 0.107. The van der Waals surface area contributed by atoms with Crippen LogP contribution in [-0.2, 0) is 31.0 Å². The molecule has 0 spiro atoms. The lowest BCUT2D eigenvalue weighted by Gasteiger charge is -2.16. The average Bonchev–Trinajstić information content (AvgIpc) is 3.44. The fraction of sp³-hybridized carbons (Fsp3) is 0.114. The summed E-state index contributed by atoms with van der Waals surface area (Å²) in [6.07, 6.45) is 1.38. The van der Waals surface area contributed by atoms with Crippen molar-refractivity contribution in [2.75, 3.05) is 5.73 Å². The third kappa shape index (κ3) is 5.67. The molecule has 228 valence electrons. The molecule has 0 bridgehead atoms. The fourth-order valence-electron chi connectivity index (χ4n) is 5.53. The molecule has 0 aliphatic heterocycles. The molecule has 0 saturated heterocycles. The molecule has 3 aromatic heterocycles. The van der Waals surface area contributed by atoms with Crippen LogP contribution in [0.1, 0.15) is 22.5 Å². The van der Waals surface area contributed by atoms with Crippen molar-refractivity contribution < 1.29 is 9.84 Å². The Morgan fingerprint density at radius 2 is 1.57 bits per heavy atom. The zero-order chi connectivity index (χ0) is 31.6. The second kappa shape index (κ2) is 12.4. The van der Waals surface area contributed by atoms with Crippen molar-refractivity contribution in [2.45, 2.75) is 26.3 Å². The van der Waals surface area contributed by atoms with E-state index in [-0.39, 0.29) is 36.8 Å². The van der Waals surface area contributed by atoms with Gasteiger partial charge in [-0.3, -0.25) is 9.36 Å². The molecule has 46 heavy (non-hydrogen) atoms. The van der Waals surface area contributed by atoms with E-state index in [4.69, 9.17) is 32.2 Å². The minimum Gasteiger partial charge on any atom is -0.508 e. The summed E-state index contributed by atoms with van der Waals surface area (Å²) in [5.74, 6) is 0.850. The first-order valence-electron chi connectivity index (χ1n) is 14.6. The Kier molecular flexibility index (Phi) is 7.88. The molecule has 7 rings (SSSR count). The first-order chi connectivity index (χ1) is 22.5. The molecule has 3 N–H and O–H groups in total.